The first-order valence-electron chi connectivity index (χ1n) is 5.14. The Morgan fingerprint density at radius 2 is 2.18 bits per heavy atom. The van der Waals surface area contributed by atoms with E-state index in [0.29, 0.717) is 5.56 Å². The molecule has 1 heterocycles. The number of benzene rings is 1. The largest absolute Gasteiger partial charge is 0.321 e. The zero-order chi connectivity index (χ0) is 12.3. The molecule has 0 atom stereocenters. The van der Waals surface area contributed by atoms with Crippen molar-refractivity contribution in [3.05, 3.63) is 58.3 Å². The van der Waals surface area contributed by atoms with Crippen molar-refractivity contribution in [2.75, 3.05) is 5.32 Å². The van der Waals surface area contributed by atoms with Crippen LogP contribution < -0.4 is 5.32 Å². The van der Waals surface area contributed by atoms with E-state index in [-0.39, 0.29) is 5.91 Å². The summed E-state index contributed by atoms with van der Waals surface area (Å²) in [6.07, 6.45) is 3.18. The van der Waals surface area contributed by atoms with Gasteiger partial charge in [0.25, 0.3) is 5.91 Å². The highest BCUT2D eigenvalue weighted by Gasteiger charge is 2.07. The van der Waals surface area contributed by atoms with Crippen LogP contribution in [0.15, 0.2) is 47.2 Å². The summed E-state index contributed by atoms with van der Waals surface area (Å²) in [7, 11) is 0. The quantitative estimate of drug-likeness (QED) is 0.921. The number of rotatable bonds is 2. The first-order valence-corrected chi connectivity index (χ1v) is 5.93. The lowest BCUT2D eigenvalue weighted by atomic mass is 10.2. The minimum absolute atomic E-state index is 0.163. The number of hydrogen-bond acceptors (Lipinski definition) is 2. The van der Waals surface area contributed by atoms with Gasteiger partial charge in [-0.3, -0.25) is 9.78 Å². The van der Waals surface area contributed by atoms with Crippen molar-refractivity contribution in [3.8, 4) is 0 Å². The number of aryl methyl sites for hydroxylation is 1. The molecular formula is C13H11BrN2O. The molecule has 0 saturated carbocycles. The number of nitrogens with one attached hydrogen (secondary N) is 1. The van der Waals surface area contributed by atoms with Gasteiger partial charge in [-0.2, -0.15) is 0 Å². The fourth-order valence-electron chi connectivity index (χ4n) is 1.43. The van der Waals surface area contributed by atoms with Crippen molar-refractivity contribution in [3.63, 3.8) is 0 Å². The van der Waals surface area contributed by atoms with Crippen molar-refractivity contribution >= 4 is 27.5 Å². The Bertz CT molecular complexity index is 540. The van der Waals surface area contributed by atoms with E-state index in [1.165, 1.54) is 0 Å². The average Bonchev–Trinajstić information content (AvgIpc) is 2.35. The highest BCUT2D eigenvalue weighted by Crippen LogP contribution is 2.23. The number of halogens is 1. The second kappa shape index (κ2) is 5.10. The van der Waals surface area contributed by atoms with Gasteiger partial charge in [0.2, 0.25) is 0 Å². The van der Waals surface area contributed by atoms with Crippen LogP contribution in [0.5, 0.6) is 0 Å². The first kappa shape index (κ1) is 11.8. The van der Waals surface area contributed by atoms with Crippen LogP contribution in [-0.2, 0) is 0 Å². The minimum atomic E-state index is -0.163. The molecule has 2 aromatic rings. The van der Waals surface area contributed by atoms with Crippen LogP contribution in [0.4, 0.5) is 5.69 Å². The normalized spacial score (nSPS) is 10.0. The van der Waals surface area contributed by atoms with Crippen molar-refractivity contribution in [2.24, 2.45) is 0 Å². The molecule has 0 aliphatic carbocycles. The van der Waals surface area contributed by atoms with Crippen LogP contribution in [0, 0.1) is 6.92 Å². The lowest BCUT2D eigenvalue weighted by Crippen LogP contribution is -2.12. The fourth-order valence-corrected chi connectivity index (χ4v) is 1.77. The fraction of sp³-hybridized carbons (Fsp3) is 0.0769. The van der Waals surface area contributed by atoms with Gasteiger partial charge in [0.15, 0.2) is 0 Å². The first-order chi connectivity index (χ1) is 8.16. The van der Waals surface area contributed by atoms with Crippen molar-refractivity contribution < 1.29 is 4.79 Å². The van der Waals surface area contributed by atoms with Gasteiger partial charge in [-0.1, -0.05) is 6.07 Å². The number of amides is 1. The molecule has 0 saturated heterocycles. The molecule has 1 aromatic heterocycles. The number of carbonyl (C=O) groups is 1. The van der Waals surface area contributed by atoms with Crippen LogP contribution in [0.25, 0.3) is 0 Å². The molecule has 0 bridgehead atoms. The molecule has 0 aliphatic heterocycles. The third-order valence-electron chi connectivity index (χ3n) is 2.29. The molecule has 0 radical (unpaired) electrons. The van der Waals surface area contributed by atoms with Gasteiger partial charge in [-0.05, 0) is 52.7 Å². The maximum atomic E-state index is 11.9. The van der Waals surface area contributed by atoms with E-state index >= 15 is 0 Å². The number of hydrogen-bond donors (Lipinski definition) is 1. The molecule has 0 unspecified atom stereocenters. The zero-order valence-electron chi connectivity index (χ0n) is 9.27. The third kappa shape index (κ3) is 2.91. The van der Waals surface area contributed by atoms with Crippen LogP contribution in [0.2, 0.25) is 0 Å². The Morgan fingerprint density at radius 1 is 1.35 bits per heavy atom. The molecule has 0 spiro atoms. The summed E-state index contributed by atoms with van der Waals surface area (Å²) in [5.74, 6) is -0.163. The maximum absolute atomic E-state index is 11.9. The number of anilines is 1. The third-order valence-corrected chi connectivity index (χ3v) is 2.99. The monoisotopic (exact) mass is 290 g/mol. The maximum Gasteiger partial charge on any atom is 0.257 e. The summed E-state index contributed by atoms with van der Waals surface area (Å²) in [6.45, 7) is 1.98. The van der Waals surface area contributed by atoms with Gasteiger partial charge < -0.3 is 5.32 Å². The molecule has 0 fully saturated rings. The van der Waals surface area contributed by atoms with Crippen molar-refractivity contribution in [2.45, 2.75) is 6.92 Å². The average molecular weight is 291 g/mol. The van der Waals surface area contributed by atoms with E-state index in [2.05, 4.69) is 26.2 Å². The molecule has 17 heavy (non-hydrogen) atoms. The molecule has 2 rings (SSSR count). The van der Waals surface area contributed by atoms with E-state index in [0.717, 1.165) is 15.7 Å². The highest BCUT2D eigenvalue weighted by molar-refractivity contribution is 9.10. The second-order valence-corrected chi connectivity index (χ2v) is 4.53. The Balaban J connectivity index is 2.22. The van der Waals surface area contributed by atoms with E-state index in [1.54, 1.807) is 24.5 Å². The van der Waals surface area contributed by atoms with E-state index in [1.807, 2.05) is 25.1 Å². The lowest BCUT2D eigenvalue weighted by molar-refractivity contribution is 0.102. The van der Waals surface area contributed by atoms with Crippen LogP contribution in [-0.4, -0.2) is 10.9 Å². The number of nitrogens with zero attached hydrogens (tertiary/aromatic N) is 1. The lowest BCUT2D eigenvalue weighted by Gasteiger charge is -2.08. The van der Waals surface area contributed by atoms with E-state index in [9.17, 15) is 4.79 Å². The topological polar surface area (TPSA) is 42.0 Å². The molecule has 1 amide bonds. The van der Waals surface area contributed by atoms with E-state index in [4.69, 9.17) is 0 Å². The molecule has 3 nitrogen and oxygen atoms in total. The Kier molecular flexibility index (Phi) is 3.54. The molecular weight excluding hydrogens is 280 g/mol. The minimum Gasteiger partial charge on any atom is -0.321 e. The van der Waals surface area contributed by atoms with Crippen LogP contribution >= 0.6 is 15.9 Å². The number of aromatic nitrogens is 1. The summed E-state index contributed by atoms with van der Waals surface area (Å²) < 4.78 is 0.861. The van der Waals surface area contributed by atoms with Gasteiger partial charge in [-0.15, -0.1) is 0 Å². The predicted octanol–water partition coefficient (Wildman–Crippen LogP) is 3.40. The summed E-state index contributed by atoms with van der Waals surface area (Å²) in [5, 5.41) is 2.84. The van der Waals surface area contributed by atoms with Gasteiger partial charge in [0.05, 0.1) is 11.3 Å². The predicted molar refractivity (Wildman–Crippen MR) is 71.1 cm³/mol. The molecule has 86 valence electrons. The van der Waals surface area contributed by atoms with Gasteiger partial charge in [-0.25, -0.2) is 0 Å². The van der Waals surface area contributed by atoms with Gasteiger partial charge in [0, 0.05) is 16.9 Å². The van der Waals surface area contributed by atoms with Crippen LogP contribution in [0.1, 0.15) is 15.9 Å². The summed E-state index contributed by atoms with van der Waals surface area (Å²) in [6, 6.07) is 9.27. The summed E-state index contributed by atoms with van der Waals surface area (Å²) in [4.78, 5) is 15.8. The molecule has 4 heteroatoms. The zero-order valence-corrected chi connectivity index (χ0v) is 10.9. The Hall–Kier alpha value is -1.68. The van der Waals surface area contributed by atoms with E-state index < -0.39 is 0 Å². The molecule has 1 aromatic carbocycles. The smallest absolute Gasteiger partial charge is 0.257 e. The van der Waals surface area contributed by atoms with Crippen molar-refractivity contribution in [1.82, 2.24) is 4.98 Å². The van der Waals surface area contributed by atoms with Crippen LogP contribution in [0.3, 0.4) is 0 Å². The van der Waals surface area contributed by atoms with Crippen molar-refractivity contribution in [1.29, 1.82) is 0 Å². The molecule has 1 N–H and O–H groups in total. The summed E-state index contributed by atoms with van der Waals surface area (Å²) in [5.41, 5.74) is 2.40. The summed E-state index contributed by atoms with van der Waals surface area (Å²) >= 11 is 3.40. The Labute approximate surface area is 108 Å². The van der Waals surface area contributed by atoms with Gasteiger partial charge in [0.1, 0.15) is 0 Å². The highest BCUT2D eigenvalue weighted by atomic mass is 79.9. The number of carbonyl (C=O) groups excluding carboxylic acids is 1. The van der Waals surface area contributed by atoms with Gasteiger partial charge >= 0.3 is 0 Å². The standard InChI is InChI=1S/C13H11BrN2O/c1-9-4-5-11(14)12(7-9)16-13(17)10-3-2-6-15-8-10/h2-8H,1H3,(H,16,17). The Morgan fingerprint density at radius 3 is 2.88 bits per heavy atom. The second-order valence-electron chi connectivity index (χ2n) is 3.68. The number of pyridine rings is 1. The SMILES string of the molecule is Cc1ccc(Br)c(NC(=O)c2cccnc2)c1. The molecule has 0 aliphatic rings.